The standard InChI is InChI=1S/C20H35NO/c1-6-21(7-2)14-11-16-9-8-12-19(5)13-10-17-15-20(16,19)22-18(17,3)4/h9,17H,6-8,10-15H2,1-5H3/t17-,19+,20+/m1/s1. The number of hydrogen-bond donors (Lipinski definition) is 0. The molecule has 0 aromatic rings. The van der Waals surface area contributed by atoms with Gasteiger partial charge in [0.1, 0.15) is 0 Å². The fraction of sp³-hybridized carbons (Fsp3) is 0.900. The number of fused-ring (bicyclic) bond motifs is 1. The van der Waals surface area contributed by atoms with Gasteiger partial charge in [0.05, 0.1) is 11.2 Å². The number of allylic oxidation sites excluding steroid dienone is 1. The Morgan fingerprint density at radius 2 is 1.91 bits per heavy atom. The zero-order chi connectivity index (χ0) is 16.0. The van der Waals surface area contributed by atoms with Crippen LogP contribution in [0.4, 0.5) is 0 Å². The van der Waals surface area contributed by atoms with Crippen molar-refractivity contribution in [1.82, 2.24) is 4.90 Å². The summed E-state index contributed by atoms with van der Waals surface area (Å²) in [4.78, 5) is 2.55. The van der Waals surface area contributed by atoms with Gasteiger partial charge < -0.3 is 9.64 Å². The van der Waals surface area contributed by atoms with E-state index in [4.69, 9.17) is 4.74 Å². The Morgan fingerprint density at radius 3 is 2.59 bits per heavy atom. The Morgan fingerprint density at radius 1 is 1.18 bits per heavy atom. The lowest BCUT2D eigenvalue weighted by Crippen LogP contribution is -2.52. The van der Waals surface area contributed by atoms with Crippen molar-refractivity contribution in [2.24, 2.45) is 11.3 Å². The molecule has 0 aromatic heterocycles. The molecule has 0 radical (unpaired) electrons. The molecule has 0 N–H and O–H groups in total. The molecule has 1 heterocycles. The van der Waals surface area contributed by atoms with Crippen LogP contribution >= 0.6 is 0 Å². The van der Waals surface area contributed by atoms with Gasteiger partial charge in [-0.3, -0.25) is 0 Å². The average molecular weight is 306 g/mol. The van der Waals surface area contributed by atoms with Crippen LogP contribution in [0.1, 0.15) is 73.1 Å². The van der Waals surface area contributed by atoms with E-state index in [1.165, 1.54) is 45.1 Å². The number of rotatable bonds is 5. The van der Waals surface area contributed by atoms with Gasteiger partial charge in [-0.1, -0.05) is 26.8 Å². The van der Waals surface area contributed by atoms with Crippen molar-refractivity contribution in [3.8, 4) is 0 Å². The van der Waals surface area contributed by atoms with E-state index < -0.39 is 0 Å². The molecule has 3 atom stereocenters. The van der Waals surface area contributed by atoms with Crippen molar-refractivity contribution in [2.45, 2.75) is 84.3 Å². The lowest BCUT2D eigenvalue weighted by Gasteiger charge is -2.52. The van der Waals surface area contributed by atoms with E-state index in [9.17, 15) is 0 Å². The van der Waals surface area contributed by atoms with Gasteiger partial charge >= 0.3 is 0 Å². The first kappa shape index (κ1) is 16.5. The van der Waals surface area contributed by atoms with Gasteiger partial charge in [0.25, 0.3) is 0 Å². The minimum atomic E-state index is 0.0464. The smallest absolute Gasteiger partial charge is 0.0956 e. The predicted octanol–water partition coefficient (Wildman–Crippen LogP) is 4.79. The van der Waals surface area contributed by atoms with Crippen molar-refractivity contribution in [3.63, 3.8) is 0 Å². The summed E-state index contributed by atoms with van der Waals surface area (Å²) in [6, 6.07) is 0. The van der Waals surface area contributed by atoms with Gasteiger partial charge in [-0.2, -0.15) is 0 Å². The summed E-state index contributed by atoms with van der Waals surface area (Å²) < 4.78 is 6.89. The van der Waals surface area contributed by atoms with E-state index in [-0.39, 0.29) is 11.2 Å². The van der Waals surface area contributed by atoms with E-state index in [0.29, 0.717) is 5.41 Å². The first-order valence-electron chi connectivity index (χ1n) is 9.49. The second kappa shape index (κ2) is 5.63. The molecule has 22 heavy (non-hydrogen) atoms. The number of nitrogens with zero attached hydrogens (tertiary/aromatic N) is 1. The molecule has 1 spiro atoms. The Labute approximate surface area is 137 Å². The summed E-state index contributed by atoms with van der Waals surface area (Å²) in [6.45, 7) is 15.2. The maximum absolute atomic E-state index is 6.89. The first-order chi connectivity index (χ1) is 10.4. The second-order valence-electron chi connectivity index (χ2n) is 8.58. The van der Waals surface area contributed by atoms with Crippen molar-refractivity contribution < 1.29 is 4.74 Å². The molecule has 2 aliphatic carbocycles. The first-order valence-corrected chi connectivity index (χ1v) is 9.49. The minimum Gasteiger partial charge on any atom is -0.364 e. The molecule has 0 amide bonds. The van der Waals surface area contributed by atoms with Gasteiger partial charge in [0.15, 0.2) is 0 Å². The molecule has 2 fully saturated rings. The van der Waals surface area contributed by atoms with E-state index in [1.54, 1.807) is 5.57 Å². The highest BCUT2D eigenvalue weighted by molar-refractivity contribution is 5.31. The lowest BCUT2D eigenvalue weighted by molar-refractivity contribution is -0.132. The fourth-order valence-corrected chi connectivity index (χ4v) is 5.44. The van der Waals surface area contributed by atoms with Crippen LogP contribution < -0.4 is 0 Å². The molecule has 1 saturated carbocycles. The SMILES string of the molecule is CCN(CC)CCC1=CCC[C@@]2(C)CC[C@@H]3C[C@]12OC3(C)C. The Bertz CT molecular complexity index is 451. The zero-order valence-electron chi connectivity index (χ0n) is 15.4. The minimum absolute atomic E-state index is 0.0464. The van der Waals surface area contributed by atoms with Crippen LogP contribution in [0.25, 0.3) is 0 Å². The Kier molecular flexibility index (Phi) is 4.23. The van der Waals surface area contributed by atoms with Crippen molar-refractivity contribution >= 4 is 0 Å². The molecule has 2 nitrogen and oxygen atoms in total. The van der Waals surface area contributed by atoms with Gasteiger partial charge in [-0.05, 0) is 77.0 Å². The fourth-order valence-electron chi connectivity index (χ4n) is 5.44. The van der Waals surface area contributed by atoms with Gasteiger partial charge in [-0.15, -0.1) is 0 Å². The lowest BCUT2D eigenvalue weighted by atomic mass is 9.55. The van der Waals surface area contributed by atoms with Gasteiger partial charge in [0, 0.05) is 12.0 Å². The zero-order valence-corrected chi connectivity index (χ0v) is 15.4. The third-order valence-corrected chi connectivity index (χ3v) is 7.17. The van der Waals surface area contributed by atoms with Crippen LogP contribution in [-0.2, 0) is 4.74 Å². The highest BCUT2D eigenvalue weighted by Gasteiger charge is 2.64. The Balaban J connectivity index is 1.86. The summed E-state index contributed by atoms with van der Waals surface area (Å²) in [7, 11) is 0. The molecule has 3 aliphatic rings. The molecule has 0 unspecified atom stereocenters. The molecule has 126 valence electrons. The topological polar surface area (TPSA) is 12.5 Å². The molecule has 1 aliphatic heterocycles. The largest absolute Gasteiger partial charge is 0.364 e. The van der Waals surface area contributed by atoms with Crippen LogP contribution in [-0.4, -0.2) is 35.7 Å². The van der Waals surface area contributed by atoms with Crippen LogP contribution in [0.2, 0.25) is 0 Å². The predicted molar refractivity (Wildman–Crippen MR) is 93.1 cm³/mol. The third kappa shape index (κ3) is 2.38. The van der Waals surface area contributed by atoms with Crippen LogP contribution in [0, 0.1) is 11.3 Å². The molecule has 2 bridgehead atoms. The van der Waals surface area contributed by atoms with Crippen molar-refractivity contribution in [3.05, 3.63) is 11.6 Å². The number of hydrogen-bond acceptors (Lipinski definition) is 2. The molecular formula is C20H35NO. The van der Waals surface area contributed by atoms with E-state index in [2.05, 4.69) is 45.6 Å². The molecule has 0 aromatic carbocycles. The van der Waals surface area contributed by atoms with Crippen molar-refractivity contribution in [2.75, 3.05) is 19.6 Å². The van der Waals surface area contributed by atoms with Crippen LogP contribution in [0.5, 0.6) is 0 Å². The van der Waals surface area contributed by atoms with E-state index in [0.717, 1.165) is 19.0 Å². The van der Waals surface area contributed by atoms with E-state index >= 15 is 0 Å². The quantitative estimate of drug-likeness (QED) is 0.677. The molecule has 3 rings (SSSR count). The third-order valence-electron chi connectivity index (χ3n) is 7.17. The molecule has 2 heteroatoms. The Hall–Kier alpha value is -0.340. The average Bonchev–Trinajstić information content (AvgIpc) is 2.71. The summed E-state index contributed by atoms with van der Waals surface area (Å²) >= 11 is 0. The second-order valence-corrected chi connectivity index (χ2v) is 8.58. The maximum Gasteiger partial charge on any atom is 0.0956 e. The highest BCUT2D eigenvalue weighted by atomic mass is 16.5. The maximum atomic E-state index is 6.89. The van der Waals surface area contributed by atoms with E-state index in [1.807, 2.05) is 0 Å². The summed E-state index contributed by atoms with van der Waals surface area (Å²) in [5.41, 5.74) is 2.10. The highest BCUT2D eigenvalue weighted by Crippen LogP contribution is 2.64. The van der Waals surface area contributed by atoms with Gasteiger partial charge in [-0.25, -0.2) is 0 Å². The summed E-state index contributed by atoms with van der Waals surface area (Å²) in [5, 5.41) is 0. The van der Waals surface area contributed by atoms with Crippen LogP contribution in [0.15, 0.2) is 11.6 Å². The van der Waals surface area contributed by atoms with Gasteiger partial charge in [0.2, 0.25) is 0 Å². The molecule has 1 saturated heterocycles. The normalized spacial score (nSPS) is 39.7. The monoisotopic (exact) mass is 305 g/mol. The van der Waals surface area contributed by atoms with Crippen molar-refractivity contribution in [1.29, 1.82) is 0 Å². The summed E-state index contributed by atoms with van der Waals surface area (Å²) in [6.07, 6.45) is 10.3. The van der Waals surface area contributed by atoms with Crippen LogP contribution in [0.3, 0.4) is 0 Å². The molecular weight excluding hydrogens is 270 g/mol. The number of ether oxygens (including phenoxy) is 1. The summed E-state index contributed by atoms with van der Waals surface area (Å²) in [5.74, 6) is 0.746.